The van der Waals surface area contributed by atoms with Crippen LogP contribution in [0, 0.1) is 12.9 Å². The molecule has 1 N–H and O–H groups in total. The molecule has 17 heavy (non-hydrogen) atoms. The lowest BCUT2D eigenvalue weighted by molar-refractivity contribution is 0.102. The van der Waals surface area contributed by atoms with Crippen molar-refractivity contribution in [1.82, 2.24) is 9.97 Å². The van der Waals surface area contributed by atoms with Crippen LogP contribution in [0.3, 0.4) is 0 Å². The Morgan fingerprint density at radius 3 is 2.76 bits per heavy atom. The fourth-order valence-corrected chi connectivity index (χ4v) is 1.31. The lowest BCUT2D eigenvalue weighted by atomic mass is 10.2. The molecule has 4 nitrogen and oxygen atoms in total. The molecule has 0 aliphatic rings. The van der Waals surface area contributed by atoms with Crippen LogP contribution >= 0.6 is 0 Å². The largest absolute Gasteiger partial charge is 0.307 e. The first-order valence-electron chi connectivity index (χ1n) is 5.02. The molecule has 1 amide bonds. The van der Waals surface area contributed by atoms with E-state index in [4.69, 9.17) is 0 Å². The molecule has 0 aliphatic carbocycles. The molecule has 0 bridgehead atoms. The molecule has 0 unspecified atom stereocenters. The van der Waals surface area contributed by atoms with Gasteiger partial charge in [-0.25, -0.2) is 9.97 Å². The minimum absolute atomic E-state index is 0.287. The zero-order valence-corrected chi connectivity index (χ0v) is 9.14. The van der Waals surface area contributed by atoms with E-state index in [0.29, 0.717) is 5.82 Å². The fraction of sp³-hybridized carbons (Fsp3) is 0.0833. The number of nitrogens with one attached hydrogen (secondary N) is 1. The van der Waals surface area contributed by atoms with Crippen molar-refractivity contribution < 1.29 is 9.18 Å². The minimum Gasteiger partial charge on any atom is -0.307 e. The lowest BCUT2D eigenvalue weighted by Gasteiger charge is -2.04. The summed E-state index contributed by atoms with van der Waals surface area (Å²) in [4.78, 5) is 19.3. The molecular formula is C12H10FN3O. The van der Waals surface area contributed by atoms with E-state index in [1.165, 1.54) is 12.3 Å². The normalized spacial score (nSPS) is 10.0. The van der Waals surface area contributed by atoms with Crippen molar-refractivity contribution in [2.24, 2.45) is 0 Å². The Morgan fingerprint density at radius 2 is 2.12 bits per heavy atom. The number of anilines is 1. The van der Waals surface area contributed by atoms with Crippen LogP contribution in [0.5, 0.6) is 0 Å². The number of hydrogen-bond donors (Lipinski definition) is 1. The molecule has 0 saturated heterocycles. The number of aryl methyl sites for hydroxylation is 1. The second-order valence-electron chi connectivity index (χ2n) is 3.49. The SMILES string of the molecule is Cc1cccc(NC(=O)c2ccc(F)nc2)n1. The zero-order chi connectivity index (χ0) is 12.3. The van der Waals surface area contributed by atoms with Gasteiger partial charge in [-0.2, -0.15) is 4.39 Å². The predicted octanol–water partition coefficient (Wildman–Crippen LogP) is 2.18. The number of amides is 1. The summed E-state index contributed by atoms with van der Waals surface area (Å²) in [6.07, 6.45) is 1.18. The van der Waals surface area contributed by atoms with Gasteiger partial charge in [-0.3, -0.25) is 4.79 Å². The predicted molar refractivity (Wildman–Crippen MR) is 61.1 cm³/mol. The molecule has 0 saturated carbocycles. The van der Waals surface area contributed by atoms with Gasteiger partial charge in [0, 0.05) is 11.9 Å². The average Bonchev–Trinajstić information content (AvgIpc) is 2.29. The molecule has 2 aromatic heterocycles. The molecule has 0 spiro atoms. The van der Waals surface area contributed by atoms with Gasteiger partial charge in [0.15, 0.2) is 0 Å². The Labute approximate surface area is 97.5 Å². The molecule has 0 aromatic carbocycles. The van der Waals surface area contributed by atoms with Gasteiger partial charge in [0.1, 0.15) is 5.82 Å². The number of halogens is 1. The first-order valence-corrected chi connectivity index (χ1v) is 5.02. The Bertz CT molecular complexity index is 540. The summed E-state index contributed by atoms with van der Waals surface area (Å²) in [5.41, 5.74) is 1.09. The van der Waals surface area contributed by atoms with Gasteiger partial charge >= 0.3 is 0 Å². The van der Waals surface area contributed by atoms with E-state index >= 15 is 0 Å². The number of hydrogen-bond acceptors (Lipinski definition) is 3. The van der Waals surface area contributed by atoms with Crippen LogP contribution in [-0.4, -0.2) is 15.9 Å². The second-order valence-corrected chi connectivity index (χ2v) is 3.49. The van der Waals surface area contributed by atoms with Gasteiger partial charge in [0.25, 0.3) is 5.91 Å². The van der Waals surface area contributed by atoms with E-state index in [1.54, 1.807) is 12.1 Å². The molecule has 0 aliphatic heterocycles. The van der Waals surface area contributed by atoms with Crippen LogP contribution < -0.4 is 5.32 Å². The first-order chi connectivity index (χ1) is 8.15. The van der Waals surface area contributed by atoms with E-state index in [1.807, 2.05) is 13.0 Å². The van der Waals surface area contributed by atoms with Gasteiger partial charge in [-0.1, -0.05) is 6.07 Å². The number of pyridine rings is 2. The molecule has 2 rings (SSSR count). The maximum Gasteiger partial charge on any atom is 0.258 e. The molecule has 0 radical (unpaired) electrons. The molecule has 2 aromatic rings. The van der Waals surface area contributed by atoms with Crippen LogP contribution in [-0.2, 0) is 0 Å². The summed E-state index contributed by atoms with van der Waals surface area (Å²) in [7, 11) is 0. The third kappa shape index (κ3) is 2.84. The second kappa shape index (κ2) is 4.69. The van der Waals surface area contributed by atoms with Crippen LogP contribution in [0.25, 0.3) is 0 Å². The van der Waals surface area contributed by atoms with Gasteiger partial charge in [0.2, 0.25) is 5.95 Å². The van der Waals surface area contributed by atoms with Crippen molar-refractivity contribution in [3.8, 4) is 0 Å². The quantitative estimate of drug-likeness (QED) is 0.806. The molecule has 0 atom stereocenters. The standard InChI is InChI=1S/C12H10FN3O/c1-8-3-2-4-11(15-8)16-12(17)9-5-6-10(13)14-7-9/h2-7H,1H3,(H,15,16,17). The number of carbonyl (C=O) groups is 1. The lowest BCUT2D eigenvalue weighted by Crippen LogP contribution is -2.13. The van der Waals surface area contributed by atoms with Gasteiger partial charge in [-0.15, -0.1) is 0 Å². The highest BCUT2D eigenvalue weighted by Crippen LogP contribution is 2.07. The van der Waals surface area contributed by atoms with Crippen LogP contribution in [0.15, 0.2) is 36.5 Å². The highest BCUT2D eigenvalue weighted by molar-refractivity contribution is 6.03. The third-order valence-electron chi connectivity index (χ3n) is 2.12. The van der Waals surface area contributed by atoms with Crippen molar-refractivity contribution in [3.63, 3.8) is 0 Å². The summed E-state index contributed by atoms with van der Waals surface area (Å²) >= 11 is 0. The van der Waals surface area contributed by atoms with E-state index < -0.39 is 5.95 Å². The zero-order valence-electron chi connectivity index (χ0n) is 9.14. The average molecular weight is 231 g/mol. The number of carbonyl (C=O) groups excluding carboxylic acids is 1. The number of aromatic nitrogens is 2. The van der Waals surface area contributed by atoms with Gasteiger partial charge in [0.05, 0.1) is 5.56 Å². The van der Waals surface area contributed by atoms with Crippen molar-refractivity contribution >= 4 is 11.7 Å². The fourth-order valence-electron chi connectivity index (χ4n) is 1.31. The van der Waals surface area contributed by atoms with Gasteiger partial charge < -0.3 is 5.32 Å². The first kappa shape index (κ1) is 11.2. The Balaban J connectivity index is 2.14. The summed E-state index contributed by atoms with van der Waals surface area (Å²) in [6.45, 7) is 1.83. The molecule has 2 heterocycles. The van der Waals surface area contributed by atoms with E-state index in [0.717, 1.165) is 11.8 Å². The van der Waals surface area contributed by atoms with E-state index in [9.17, 15) is 9.18 Å². The van der Waals surface area contributed by atoms with Crippen molar-refractivity contribution in [2.45, 2.75) is 6.92 Å². The van der Waals surface area contributed by atoms with Crippen molar-refractivity contribution in [2.75, 3.05) is 5.32 Å². The monoisotopic (exact) mass is 231 g/mol. The van der Waals surface area contributed by atoms with Crippen LogP contribution in [0.2, 0.25) is 0 Å². The molecule has 0 fully saturated rings. The van der Waals surface area contributed by atoms with Crippen LogP contribution in [0.4, 0.5) is 10.2 Å². The highest BCUT2D eigenvalue weighted by atomic mass is 19.1. The Hall–Kier alpha value is -2.30. The summed E-state index contributed by atoms with van der Waals surface area (Å²) in [5.74, 6) is -0.523. The molecule has 5 heteroatoms. The highest BCUT2D eigenvalue weighted by Gasteiger charge is 2.07. The number of rotatable bonds is 2. The topological polar surface area (TPSA) is 54.9 Å². The Morgan fingerprint density at radius 1 is 1.29 bits per heavy atom. The summed E-state index contributed by atoms with van der Waals surface area (Å²) in [6, 6.07) is 7.81. The maximum absolute atomic E-state index is 12.6. The minimum atomic E-state index is -0.616. The Kier molecular flexibility index (Phi) is 3.09. The summed E-state index contributed by atoms with van der Waals surface area (Å²) < 4.78 is 12.6. The van der Waals surface area contributed by atoms with E-state index in [2.05, 4.69) is 15.3 Å². The summed E-state index contributed by atoms with van der Waals surface area (Å²) in [5, 5.41) is 2.61. The van der Waals surface area contributed by atoms with Crippen molar-refractivity contribution in [3.05, 3.63) is 53.7 Å². The van der Waals surface area contributed by atoms with Crippen molar-refractivity contribution in [1.29, 1.82) is 0 Å². The van der Waals surface area contributed by atoms with Crippen LogP contribution in [0.1, 0.15) is 16.1 Å². The molecular weight excluding hydrogens is 221 g/mol. The molecule has 86 valence electrons. The smallest absolute Gasteiger partial charge is 0.258 e. The maximum atomic E-state index is 12.6. The third-order valence-corrected chi connectivity index (χ3v) is 2.12. The van der Waals surface area contributed by atoms with E-state index in [-0.39, 0.29) is 11.5 Å². The van der Waals surface area contributed by atoms with Gasteiger partial charge in [-0.05, 0) is 31.2 Å². The number of nitrogens with zero attached hydrogens (tertiary/aromatic N) is 2.